The van der Waals surface area contributed by atoms with Crippen LogP contribution in [0.2, 0.25) is 0 Å². The number of nitriles is 1. The Bertz CT molecular complexity index is 597. The number of halogens is 1. The maximum atomic E-state index is 13.9. The number of ketones is 1. The number of fused-ring (bicyclic) bond motifs is 2. The van der Waals surface area contributed by atoms with E-state index in [0.29, 0.717) is 31.6 Å². The molecule has 2 saturated heterocycles. The number of piperidine rings is 1. The van der Waals surface area contributed by atoms with Crippen molar-refractivity contribution in [2.24, 2.45) is 5.92 Å². The molecule has 0 amide bonds. The Morgan fingerprint density at radius 2 is 2.05 bits per heavy atom. The van der Waals surface area contributed by atoms with Crippen LogP contribution in [0.15, 0.2) is 18.2 Å². The van der Waals surface area contributed by atoms with Crippen LogP contribution in [-0.2, 0) is 4.74 Å². The Hall–Kier alpha value is -1.77. The summed E-state index contributed by atoms with van der Waals surface area (Å²) in [6.45, 7) is 1.25. The fraction of sp³-hybridized carbons (Fsp3) is 0.500. The minimum atomic E-state index is -0.542. The number of hydrogen-bond acceptors (Lipinski definition) is 4. The van der Waals surface area contributed by atoms with E-state index in [1.807, 2.05) is 6.07 Å². The second kappa shape index (κ2) is 5.55. The highest BCUT2D eigenvalue weighted by molar-refractivity contribution is 5.98. The van der Waals surface area contributed by atoms with Gasteiger partial charge < -0.3 is 4.74 Å². The molecule has 2 aliphatic rings. The Labute approximate surface area is 123 Å². The van der Waals surface area contributed by atoms with Crippen molar-refractivity contribution < 1.29 is 13.9 Å². The molecule has 0 radical (unpaired) electrons. The number of nitrogens with zero attached hydrogens (tertiary/aromatic N) is 2. The highest BCUT2D eigenvalue weighted by Crippen LogP contribution is 2.32. The molecule has 3 rings (SSSR count). The summed E-state index contributed by atoms with van der Waals surface area (Å²) in [4.78, 5) is 14.9. The highest BCUT2D eigenvalue weighted by atomic mass is 19.1. The van der Waals surface area contributed by atoms with Crippen molar-refractivity contribution >= 4 is 5.78 Å². The van der Waals surface area contributed by atoms with Crippen LogP contribution in [0, 0.1) is 23.1 Å². The smallest absolute Gasteiger partial charge is 0.169 e. The van der Waals surface area contributed by atoms with Gasteiger partial charge in [-0.15, -0.1) is 0 Å². The van der Waals surface area contributed by atoms with Gasteiger partial charge in [-0.3, -0.25) is 9.69 Å². The molecule has 2 aliphatic heterocycles. The molecule has 0 aromatic heterocycles. The lowest BCUT2D eigenvalue weighted by molar-refractivity contribution is -0.0702. The highest BCUT2D eigenvalue weighted by Gasteiger charge is 2.40. The minimum absolute atomic E-state index is 0.0441. The molecule has 4 nitrogen and oxygen atoms in total. The summed E-state index contributed by atoms with van der Waals surface area (Å²) in [5, 5.41) is 8.90. The largest absolute Gasteiger partial charge is 0.378 e. The molecule has 2 heterocycles. The Kier molecular flexibility index (Phi) is 3.75. The van der Waals surface area contributed by atoms with Crippen LogP contribution in [0.3, 0.4) is 0 Å². The summed E-state index contributed by atoms with van der Waals surface area (Å²) in [6.07, 6.45) is 1.37. The number of likely N-dealkylation sites (N-methyl/N-ethyl adjacent to an activating group) is 1. The standard InChI is InChI=1S/C16H17FN2O2/c1-19-12-5-11(6-13(19)9-21-8-12)16(20)14-4-10(7-18)2-3-15(14)17/h2-4,11-13H,5-6,8-9H2,1H3. The predicted octanol–water partition coefficient (Wildman–Crippen LogP) is 1.99. The van der Waals surface area contributed by atoms with Gasteiger partial charge in [0.15, 0.2) is 5.78 Å². The summed E-state index contributed by atoms with van der Waals surface area (Å²) < 4.78 is 19.4. The van der Waals surface area contributed by atoms with E-state index in [9.17, 15) is 9.18 Å². The van der Waals surface area contributed by atoms with Crippen molar-refractivity contribution in [3.05, 3.63) is 35.1 Å². The first kappa shape index (κ1) is 14.2. The fourth-order valence-electron chi connectivity index (χ4n) is 3.31. The maximum absolute atomic E-state index is 13.9. The van der Waals surface area contributed by atoms with Gasteiger partial charge in [-0.2, -0.15) is 5.26 Å². The molecule has 2 fully saturated rings. The summed E-state index contributed by atoms with van der Waals surface area (Å²) in [6, 6.07) is 6.34. The third-order valence-corrected chi connectivity index (χ3v) is 4.62. The van der Waals surface area contributed by atoms with Crippen LogP contribution < -0.4 is 0 Å². The van der Waals surface area contributed by atoms with Gasteiger partial charge in [-0.1, -0.05) is 0 Å². The summed E-state index contributed by atoms with van der Waals surface area (Å²) in [7, 11) is 2.05. The Balaban J connectivity index is 1.85. The molecule has 2 unspecified atom stereocenters. The topological polar surface area (TPSA) is 53.3 Å². The summed E-state index contributed by atoms with van der Waals surface area (Å²) in [5.41, 5.74) is 0.360. The van der Waals surface area contributed by atoms with E-state index in [1.165, 1.54) is 18.2 Å². The summed E-state index contributed by atoms with van der Waals surface area (Å²) >= 11 is 0. The zero-order valence-electron chi connectivity index (χ0n) is 11.9. The van der Waals surface area contributed by atoms with E-state index in [-0.39, 0.29) is 29.3 Å². The van der Waals surface area contributed by atoms with Gasteiger partial charge in [-0.25, -0.2) is 4.39 Å². The third-order valence-electron chi connectivity index (χ3n) is 4.62. The molecule has 0 aliphatic carbocycles. The number of hydrogen-bond donors (Lipinski definition) is 0. The molecule has 21 heavy (non-hydrogen) atoms. The number of benzene rings is 1. The zero-order valence-corrected chi connectivity index (χ0v) is 11.9. The second-order valence-corrected chi connectivity index (χ2v) is 5.85. The lowest BCUT2D eigenvalue weighted by Gasteiger charge is -2.46. The average molecular weight is 288 g/mol. The number of carbonyl (C=O) groups is 1. The van der Waals surface area contributed by atoms with Crippen LogP contribution in [0.1, 0.15) is 28.8 Å². The first-order chi connectivity index (χ1) is 10.1. The van der Waals surface area contributed by atoms with E-state index < -0.39 is 5.82 Å². The first-order valence-electron chi connectivity index (χ1n) is 7.13. The molecular weight excluding hydrogens is 271 g/mol. The SMILES string of the molecule is CN1C2COCC1CC(C(=O)c1cc(C#N)ccc1F)C2. The molecule has 1 aromatic rings. The average Bonchev–Trinajstić information content (AvgIpc) is 2.47. The van der Waals surface area contributed by atoms with Crippen LogP contribution in [0.25, 0.3) is 0 Å². The third kappa shape index (κ3) is 2.57. The van der Waals surface area contributed by atoms with Crippen LogP contribution in [-0.4, -0.2) is 43.0 Å². The van der Waals surface area contributed by atoms with Crippen LogP contribution in [0.4, 0.5) is 4.39 Å². The normalized spacial score (nSPS) is 28.9. The first-order valence-corrected chi connectivity index (χ1v) is 7.13. The second-order valence-electron chi connectivity index (χ2n) is 5.85. The zero-order chi connectivity index (χ0) is 15.0. The van der Waals surface area contributed by atoms with Gasteiger partial charge in [0.1, 0.15) is 5.82 Å². The van der Waals surface area contributed by atoms with Crippen molar-refractivity contribution in [2.75, 3.05) is 20.3 Å². The van der Waals surface area contributed by atoms with Crippen molar-refractivity contribution in [1.29, 1.82) is 5.26 Å². The number of Topliss-reactive ketones (excluding diaryl/α,β-unsaturated/α-hetero) is 1. The molecule has 0 N–H and O–H groups in total. The Morgan fingerprint density at radius 3 is 2.67 bits per heavy atom. The van der Waals surface area contributed by atoms with Crippen molar-refractivity contribution in [3.63, 3.8) is 0 Å². The monoisotopic (exact) mass is 288 g/mol. The van der Waals surface area contributed by atoms with E-state index in [2.05, 4.69) is 11.9 Å². The molecule has 0 spiro atoms. The van der Waals surface area contributed by atoms with Gasteiger partial charge in [0, 0.05) is 18.0 Å². The van der Waals surface area contributed by atoms with Gasteiger partial charge >= 0.3 is 0 Å². The van der Waals surface area contributed by atoms with E-state index in [0.717, 1.165) is 0 Å². The van der Waals surface area contributed by atoms with Gasteiger partial charge in [-0.05, 0) is 38.1 Å². The fourth-order valence-corrected chi connectivity index (χ4v) is 3.31. The molecule has 0 saturated carbocycles. The molecule has 110 valence electrons. The van der Waals surface area contributed by atoms with Crippen LogP contribution >= 0.6 is 0 Å². The van der Waals surface area contributed by atoms with Crippen molar-refractivity contribution in [1.82, 2.24) is 4.90 Å². The molecule has 2 bridgehead atoms. The van der Waals surface area contributed by atoms with E-state index in [1.54, 1.807) is 0 Å². The van der Waals surface area contributed by atoms with Gasteiger partial charge in [0.25, 0.3) is 0 Å². The van der Waals surface area contributed by atoms with Crippen molar-refractivity contribution in [2.45, 2.75) is 24.9 Å². The van der Waals surface area contributed by atoms with Crippen LogP contribution in [0.5, 0.6) is 0 Å². The molecule has 5 heteroatoms. The number of rotatable bonds is 2. The van der Waals surface area contributed by atoms with Gasteiger partial charge in [0.05, 0.1) is 30.4 Å². The Morgan fingerprint density at radius 1 is 1.38 bits per heavy atom. The van der Waals surface area contributed by atoms with E-state index >= 15 is 0 Å². The number of ether oxygens (including phenoxy) is 1. The number of morpholine rings is 1. The van der Waals surface area contributed by atoms with Crippen molar-refractivity contribution in [3.8, 4) is 6.07 Å². The molecule has 1 aromatic carbocycles. The quantitative estimate of drug-likeness (QED) is 0.781. The predicted molar refractivity (Wildman–Crippen MR) is 74.3 cm³/mol. The lowest BCUT2D eigenvalue weighted by atomic mass is 9.80. The molecule has 2 atom stereocenters. The van der Waals surface area contributed by atoms with E-state index in [4.69, 9.17) is 10.00 Å². The minimum Gasteiger partial charge on any atom is -0.378 e. The summed E-state index contributed by atoms with van der Waals surface area (Å²) in [5.74, 6) is -0.919. The lowest BCUT2D eigenvalue weighted by Crippen LogP contribution is -2.55. The van der Waals surface area contributed by atoms with Gasteiger partial charge in [0.2, 0.25) is 0 Å². The molecular formula is C16H17FN2O2. The maximum Gasteiger partial charge on any atom is 0.169 e. The number of carbonyl (C=O) groups excluding carboxylic acids is 1.